The van der Waals surface area contributed by atoms with Crippen LogP contribution in [-0.4, -0.2) is 34.0 Å². The van der Waals surface area contributed by atoms with Crippen LogP contribution in [0.4, 0.5) is 8.78 Å². The Morgan fingerprint density at radius 2 is 2.00 bits per heavy atom. The number of carbonyl (C=O) groups excluding carboxylic acids is 1. The van der Waals surface area contributed by atoms with Crippen molar-refractivity contribution in [3.63, 3.8) is 0 Å². The van der Waals surface area contributed by atoms with Crippen molar-refractivity contribution in [2.45, 2.75) is 44.2 Å². The number of hydrogen-bond acceptors (Lipinski definition) is 2. The Balaban J connectivity index is 1.76. The second kappa shape index (κ2) is 5.34. The molecule has 0 aromatic heterocycles. The highest BCUT2D eigenvalue weighted by atomic mass is 19.2. The minimum absolute atomic E-state index is 0.0304. The van der Waals surface area contributed by atoms with Gasteiger partial charge in [0.15, 0.2) is 11.6 Å². The first-order chi connectivity index (χ1) is 10.4. The fourth-order valence-corrected chi connectivity index (χ4v) is 2.97. The van der Waals surface area contributed by atoms with Crippen molar-refractivity contribution in [1.29, 1.82) is 0 Å². The number of nitrogens with zero attached hydrogens (tertiary/aromatic N) is 1. The summed E-state index contributed by atoms with van der Waals surface area (Å²) in [6.45, 7) is 1.48. The molecule has 2 fully saturated rings. The maximum absolute atomic E-state index is 13.8. The lowest BCUT2D eigenvalue weighted by atomic mass is 10.1. The number of aliphatic carboxylic acids is 1. The van der Waals surface area contributed by atoms with Crippen molar-refractivity contribution in [3.8, 4) is 0 Å². The van der Waals surface area contributed by atoms with Gasteiger partial charge in [0.2, 0.25) is 5.91 Å². The lowest BCUT2D eigenvalue weighted by Gasteiger charge is -2.26. The summed E-state index contributed by atoms with van der Waals surface area (Å²) in [5.41, 5.74) is 0.206. The zero-order chi connectivity index (χ0) is 16.0. The number of carbonyl (C=O) groups is 2. The van der Waals surface area contributed by atoms with Crippen LogP contribution in [0.5, 0.6) is 0 Å². The van der Waals surface area contributed by atoms with Gasteiger partial charge in [0.05, 0.1) is 0 Å². The summed E-state index contributed by atoms with van der Waals surface area (Å²) >= 11 is 0. The van der Waals surface area contributed by atoms with Crippen LogP contribution in [0, 0.1) is 17.6 Å². The molecule has 4 nitrogen and oxygen atoms in total. The van der Waals surface area contributed by atoms with Crippen molar-refractivity contribution in [1.82, 2.24) is 4.90 Å². The van der Waals surface area contributed by atoms with Gasteiger partial charge in [-0.2, -0.15) is 0 Å². The number of benzene rings is 1. The second-order valence-corrected chi connectivity index (χ2v) is 6.08. The van der Waals surface area contributed by atoms with Gasteiger partial charge in [-0.05, 0) is 43.7 Å². The van der Waals surface area contributed by atoms with E-state index in [9.17, 15) is 18.4 Å². The Hall–Kier alpha value is -1.98. The Labute approximate surface area is 126 Å². The Kier molecular flexibility index (Phi) is 3.62. The molecule has 22 heavy (non-hydrogen) atoms. The van der Waals surface area contributed by atoms with Crippen molar-refractivity contribution >= 4 is 11.9 Å². The van der Waals surface area contributed by atoms with Crippen molar-refractivity contribution in [2.24, 2.45) is 5.92 Å². The van der Waals surface area contributed by atoms with Crippen LogP contribution in [0.3, 0.4) is 0 Å². The molecule has 1 aromatic carbocycles. The number of amides is 1. The van der Waals surface area contributed by atoms with E-state index in [0.29, 0.717) is 6.42 Å². The summed E-state index contributed by atoms with van der Waals surface area (Å²) in [4.78, 5) is 25.1. The molecule has 0 radical (unpaired) electrons. The van der Waals surface area contributed by atoms with Gasteiger partial charge in [0.25, 0.3) is 0 Å². The molecule has 0 saturated heterocycles. The average Bonchev–Trinajstić information content (AvgIpc) is 3.34. The van der Waals surface area contributed by atoms with E-state index in [4.69, 9.17) is 5.11 Å². The molecule has 1 aromatic rings. The van der Waals surface area contributed by atoms with Crippen molar-refractivity contribution in [3.05, 3.63) is 35.4 Å². The maximum Gasteiger partial charge on any atom is 0.326 e. The van der Waals surface area contributed by atoms with Crippen molar-refractivity contribution in [2.75, 3.05) is 0 Å². The molecule has 0 aliphatic heterocycles. The lowest BCUT2D eigenvalue weighted by Crippen LogP contribution is -2.45. The van der Waals surface area contributed by atoms with Crippen LogP contribution in [0.2, 0.25) is 0 Å². The average molecular weight is 309 g/mol. The largest absolute Gasteiger partial charge is 0.480 e. The lowest BCUT2D eigenvalue weighted by molar-refractivity contribution is -0.150. The fraction of sp³-hybridized carbons (Fsp3) is 0.500. The zero-order valence-electron chi connectivity index (χ0n) is 12.1. The molecule has 118 valence electrons. The minimum Gasteiger partial charge on any atom is -0.480 e. The molecule has 1 amide bonds. The molecular weight excluding hydrogens is 292 g/mol. The van der Waals surface area contributed by atoms with Gasteiger partial charge in [-0.1, -0.05) is 12.1 Å². The Morgan fingerprint density at radius 1 is 1.32 bits per heavy atom. The van der Waals surface area contributed by atoms with Gasteiger partial charge < -0.3 is 10.0 Å². The third-order valence-corrected chi connectivity index (χ3v) is 4.46. The number of hydrogen-bond donors (Lipinski definition) is 1. The van der Waals surface area contributed by atoms with E-state index in [0.717, 1.165) is 18.9 Å². The third-order valence-electron chi connectivity index (χ3n) is 4.46. The quantitative estimate of drug-likeness (QED) is 0.909. The van der Waals surface area contributed by atoms with Gasteiger partial charge in [0.1, 0.15) is 6.04 Å². The number of rotatable bonds is 5. The normalized spacial score (nSPS) is 24.7. The minimum atomic E-state index is -1.05. The van der Waals surface area contributed by atoms with E-state index in [2.05, 4.69) is 0 Å². The summed E-state index contributed by atoms with van der Waals surface area (Å²) in [5, 5.41) is 9.14. The molecule has 3 atom stereocenters. The van der Waals surface area contributed by atoms with Gasteiger partial charge in [-0.3, -0.25) is 4.79 Å². The SMILES string of the molecule is CC(C(=O)O)N(C(=O)C1CC1c1cccc(F)c1F)C1CC1. The second-order valence-electron chi connectivity index (χ2n) is 6.08. The predicted octanol–water partition coefficient (Wildman–Crippen LogP) is 2.53. The molecule has 1 N–H and O–H groups in total. The standard InChI is InChI=1S/C16H17F2NO3/c1-8(16(21)22)19(9-5-6-9)15(20)12-7-11(12)10-3-2-4-13(17)14(10)18/h2-4,8-9,11-12H,5-7H2,1H3,(H,21,22). The van der Waals surface area contributed by atoms with Crippen LogP contribution in [0.25, 0.3) is 0 Å². The smallest absolute Gasteiger partial charge is 0.326 e. The Bertz CT molecular complexity index is 630. The van der Waals surface area contributed by atoms with E-state index in [-0.39, 0.29) is 23.4 Å². The van der Waals surface area contributed by atoms with Gasteiger partial charge in [-0.15, -0.1) is 0 Å². The van der Waals surface area contributed by atoms with E-state index < -0.39 is 29.6 Å². The van der Waals surface area contributed by atoms with Crippen LogP contribution in [-0.2, 0) is 9.59 Å². The van der Waals surface area contributed by atoms with E-state index in [1.807, 2.05) is 0 Å². The van der Waals surface area contributed by atoms with Crippen LogP contribution in [0.1, 0.15) is 37.7 Å². The molecule has 6 heteroatoms. The maximum atomic E-state index is 13.8. The number of carboxylic acid groups (broad SMARTS) is 1. The van der Waals surface area contributed by atoms with Crippen LogP contribution in [0.15, 0.2) is 18.2 Å². The topological polar surface area (TPSA) is 57.6 Å². The highest BCUT2D eigenvalue weighted by molar-refractivity contribution is 5.88. The van der Waals surface area contributed by atoms with E-state index in [1.165, 1.54) is 24.0 Å². The first-order valence-corrected chi connectivity index (χ1v) is 7.40. The first kappa shape index (κ1) is 14.9. The molecule has 3 unspecified atom stereocenters. The molecule has 2 aliphatic carbocycles. The molecule has 2 saturated carbocycles. The molecular formula is C16H17F2NO3. The molecule has 3 rings (SSSR count). The summed E-state index contributed by atoms with van der Waals surface area (Å²) in [5.74, 6) is -3.94. The molecule has 2 aliphatic rings. The molecule has 0 heterocycles. The molecule has 0 bridgehead atoms. The van der Waals surface area contributed by atoms with Crippen LogP contribution < -0.4 is 0 Å². The predicted molar refractivity (Wildman–Crippen MR) is 74.2 cm³/mol. The van der Waals surface area contributed by atoms with Gasteiger partial charge in [0, 0.05) is 12.0 Å². The summed E-state index contributed by atoms with van der Waals surface area (Å²) in [6, 6.07) is 3.03. The zero-order valence-corrected chi connectivity index (χ0v) is 12.1. The summed E-state index contributed by atoms with van der Waals surface area (Å²) < 4.78 is 27.1. The van der Waals surface area contributed by atoms with Crippen LogP contribution >= 0.6 is 0 Å². The first-order valence-electron chi connectivity index (χ1n) is 7.40. The van der Waals surface area contributed by atoms with E-state index in [1.54, 1.807) is 0 Å². The Morgan fingerprint density at radius 3 is 2.59 bits per heavy atom. The van der Waals surface area contributed by atoms with E-state index >= 15 is 0 Å². The van der Waals surface area contributed by atoms with Crippen molar-refractivity contribution < 1.29 is 23.5 Å². The number of carboxylic acids is 1. The summed E-state index contributed by atoms with van der Waals surface area (Å²) in [6.07, 6.45) is 2.04. The monoisotopic (exact) mass is 309 g/mol. The third kappa shape index (κ3) is 2.58. The molecule has 0 spiro atoms. The number of halogens is 2. The highest BCUT2D eigenvalue weighted by Gasteiger charge is 2.51. The summed E-state index contributed by atoms with van der Waals surface area (Å²) in [7, 11) is 0. The van der Waals surface area contributed by atoms with Gasteiger partial charge in [-0.25, -0.2) is 13.6 Å². The fourth-order valence-electron chi connectivity index (χ4n) is 2.97. The highest BCUT2D eigenvalue weighted by Crippen LogP contribution is 2.50. The van der Waals surface area contributed by atoms with Gasteiger partial charge >= 0.3 is 5.97 Å².